The van der Waals surface area contributed by atoms with Gasteiger partial charge in [-0.15, -0.1) is 0 Å². The Hall–Kier alpha value is -1.72. The summed E-state index contributed by atoms with van der Waals surface area (Å²) in [5.41, 5.74) is 1.94. The Balaban J connectivity index is 2.12. The summed E-state index contributed by atoms with van der Waals surface area (Å²) >= 11 is 0. The fourth-order valence-corrected chi connectivity index (χ4v) is 2.34. The monoisotopic (exact) mass is 273 g/mol. The van der Waals surface area contributed by atoms with Crippen molar-refractivity contribution in [3.05, 3.63) is 29.3 Å². The Bertz CT molecular complexity index is 471. The van der Waals surface area contributed by atoms with Crippen molar-refractivity contribution in [2.24, 2.45) is 0 Å². The van der Waals surface area contributed by atoms with Crippen LogP contribution in [0.3, 0.4) is 0 Å². The first-order valence-corrected chi connectivity index (χ1v) is 5.94. The van der Waals surface area contributed by atoms with Crippen molar-refractivity contribution in [3.63, 3.8) is 0 Å². The first kappa shape index (κ1) is 13.7. The molecule has 1 unspecified atom stereocenters. The number of ether oxygens (including phenoxy) is 1. The summed E-state index contributed by atoms with van der Waals surface area (Å²) in [4.78, 5) is 10.9. The number of benzene rings is 1. The van der Waals surface area contributed by atoms with E-state index in [1.54, 1.807) is 6.07 Å². The number of amides is 1. The number of halogens is 3. The lowest BCUT2D eigenvalue weighted by Gasteiger charge is -2.27. The van der Waals surface area contributed by atoms with Crippen LogP contribution in [0.4, 0.5) is 13.2 Å². The molecule has 1 aliphatic rings. The van der Waals surface area contributed by atoms with Crippen LogP contribution in [0.15, 0.2) is 18.2 Å². The van der Waals surface area contributed by atoms with Crippen LogP contribution in [0.2, 0.25) is 0 Å². The largest absolute Gasteiger partial charge is 0.496 e. The molecule has 1 aromatic rings. The zero-order chi connectivity index (χ0) is 14.0. The van der Waals surface area contributed by atoms with Crippen molar-refractivity contribution < 1.29 is 22.7 Å². The lowest BCUT2D eigenvalue weighted by molar-refractivity contribution is -0.174. The molecule has 0 heterocycles. The summed E-state index contributed by atoms with van der Waals surface area (Å²) in [6.07, 6.45) is -3.33. The molecule has 1 aliphatic carbocycles. The molecule has 0 aromatic heterocycles. The van der Waals surface area contributed by atoms with E-state index in [2.05, 4.69) is 0 Å². The molecule has 0 saturated carbocycles. The fourth-order valence-electron chi connectivity index (χ4n) is 2.34. The molecule has 19 heavy (non-hydrogen) atoms. The summed E-state index contributed by atoms with van der Waals surface area (Å²) in [5, 5.41) is 2.03. The maximum Gasteiger partial charge on any atom is 0.471 e. The molecule has 0 bridgehead atoms. The normalized spacial score (nSPS) is 18.6. The summed E-state index contributed by atoms with van der Waals surface area (Å²) in [6, 6.07) is 5.05. The third kappa shape index (κ3) is 3.00. The molecule has 0 fully saturated rings. The Kier molecular flexibility index (Phi) is 3.68. The lowest BCUT2D eigenvalue weighted by Crippen LogP contribution is -2.45. The number of carbonyl (C=O) groups excluding carboxylic acids is 1. The quantitative estimate of drug-likeness (QED) is 0.897. The smallest absolute Gasteiger partial charge is 0.471 e. The summed E-state index contributed by atoms with van der Waals surface area (Å²) < 4.78 is 41.8. The first-order chi connectivity index (χ1) is 8.91. The maximum atomic E-state index is 12.2. The number of nitrogens with one attached hydrogen (secondary N) is 1. The fraction of sp³-hybridized carbons (Fsp3) is 0.462. The highest BCUT2D eigenvalue weighted by atomic mass is 19.4. The van der Waals surface area contributed by atoms with Gasteiger partial charge in [0.1, 0.15) is 5.75 Å². The van der Waals surface area contributed by atoms with Crippen LogP contribution in [0.25, 0.3) is 0 Å². The number of aryl methyl sites for hydroxylation is 1. The minimum absolute atomic E-state index is 0.362. The number of methoxy groups -OCH3 is 1. The zero-order valence-electron chi connectivity index (χ0n) is 10.4. The molecule has 1 aromatic carbocycles. The van der Waals surface area contributed by atoms with E-state index < -0.39 is 18.1 Å². The molecule has 0 radical (unpaired) electrons. The van der Waals surface area contributed by atoms with E-state index in [0.29, 0.717) is 25.0 Å². The lowest BCUT2D eigenvalue weighted by atomic mass is 9.87. The van der Waals surface area contributed by atoms with Gasteiger partial charge in [-0.1, -0.05) is 12.1 Å². The number of rotatable bonds is 2. The van der Waals surface area contributed by atoms with Gasteiger partial charge in [-0.2, -0.15) is 13.2 Å². The van der Waals surface area contributed by atoms with Crippen LogP contribution >= 0.6 is 0 Å². The van der Waals surface area contributed by atoms with Gasteiger partial charge < -0.3 is 10.1 Å². The number of hydrogen-bond donors (Lipinski definition) is 1. The third-order valence-corrected chi connectivity index (χ3v) is 3.26. The summed E-state index contributed by atoms with van der Waals surface area (Å²) in [7, 11) is 1.52. The molecular formula is C13H14F3NO2. The second-order valence-corrected chi connectivity index (χ2v) is 4.51. The average Bonchev–Trinajstić information content (AvgIpc) is 2.36. The van der Waals surface area contributed by atoms with E-state index in [1.807, 2.05) is 17.4 Å². The predicted molar refractivity (Wildman–Crippen MR) is 63.0 cm³/mol. The molecule has 2 rings (SSSR count). The van der Waals surface area contributed by atoms with Crippen LogP contribution in [0, 0.1) is 0 Å². The second kappa shape index (κ2) is 5.11. The van der Waals surface area contributed by atoms with Gasteiger partial charge in [0, 0.05) is 6.04 Å². The van der Waals surface area contributed by atoms with Crippen molar-refractivity contribution in [2.45, 2.75) is 31.5 Å². The van der Waals surface area contributed by atoms with Gasteiger partial charge in [0.15, 0.2) is 0 Å². The number of alkyl halides is 3. The van der Waals surface area contributed by atoms with Crippen molar-refractivity contribution >= 4 is 5.91 Å². The van der Waals surface area contributed by atoms with Gasteiger partial charge in [0.25, 0.3) is 0 Å². The van der Waals surface area contributed by atoms with Crippen molar-refractivity contribution in [2.75, 3.05) is 7.11 Å². The molecule has 1 amide bonds. The van der Waals surface area contributed by atoms with E-state index in [0.717, 1.165) is 11.1 Å². The minimum Gasteiger partial charge on any atom is -0.496 e. The highest BCUT2D eigenvalue weighted by molar-refractivity contribution is 5.82. The predicted octanol–water partition coefficient (Wildman–Crippen LogP) is 2.23. The van der Waals surface area contributed by atoms with Crippen molar-refractivity contribution in [3.8, 4) is 5.75 Å². The van der Waals surface area contributed by atoms with Gasteiger partial charge in [-0.3, -0.25) is 4.79 Å². The zero-order valence-corrected chi connectivity index (χ0v) is 10.4. The molecule has 0 spiro atoms. The molecule has 1 atom stereocenters. The number of hydrogen-bond acceptors (Lipinski definition) is 2. The Labute approximate surface area is 108 Å². The van der Waals surface area contributed by atoms with Gasteiger partial charge in [-0.25, -0.2) is 0 Å². The van der Waals surface area contributed by atoms with Gasteiger partial charge in [-0.05, 0) is 36.5 Å². The average molecular weight is 273 g/mol. The highest BCUT2D eigenvalue weighted by Crippen LogP contribution is 2.29. The van der Waals surface area contributed by atoms with Crippen LogP contribution in [-0.2, 0) is 17.6 Å². The van der Waals surface area contributed by atoms with Crippen LogP contribution < -0.4 is 10.1 Å². The van der Waals surface area contributed by atoms with Crippen molar-refractivity contribution in [1.82, 2.24) is 5.32 Å². The van der Waals surface area contributed by atoms with E-state index in [1.165, 1.54) is 7.11 Å². The molecule has 1 N–H and O–H groups in total. The van der Waals surface area contributed by atoms with E-state index in [9.17, 15) is 18.0 Å². The van der Waals surface area contributed by atoms with E-state index >= 15 is 0 Å². The highest BCUT2D eigenvalue weighted by Gasteiger charge is 2.40. The molecule has 0 aliphatic heterocycles. The standard InChI is InChI=1S/C13H14F3NO2/c1-19-11-4-2-3-8-5-6-9(7-10(8)11)17-12(18)13(14,15)16/h2-4,9H,5-7H2,1H3,(H,17,18). The van der Waals surface area contributed by atoms with Crippen LogP contribution in [0.5, 0.6) is 5.75 Å². The topological polar surface area (TPSA) is 38.3 Å². The Morgan fingerprint density at radius 3 is 2.79 bits per heavy atom. The van der Waals surface area contributed by atoms with E-state index in [-0.39, 0.29) is 0 Å². The minimum atomic E-state index is -4.83. The molecule has 6 heteroatoms. The molecule has 0 saturated heterocycles. The van der Waals surface area contributed by atoms with Gasteiger partial charge in [0.05, 0.1) is 7.11 Å². The van der Waals surface area contributed by atoms with E-state index in [4.69, 9.17) is 4.74 Å². The molecule has 3 nitrogen and oxygen atoms in total. The van der Waals surface area contributed by atoms with Gasteiger partial charge in [0.2, 0.25) is 0 Å². The number of fused-ring (bicyclic) bond motifs is 1. The molecular weight excluding hydrogens is 259 g/mol. The van der Waals surface area contributed by atoms with Crippen LogP contribution in [-0.4, -0.2) is 25.2 Å². The number of carbonyl (C=O) groups is 1. The first-order valence-electron chi connectivity index (χ1n) is 5.94. The maximum absolute atomic E-state index is 12.2. The third-order valence-electron chi connectivity index (χ3n) is 3.26. The Morgan fingerprint density at radius 1 is 1.42 bits per heavy atom. The van der Waals surface area contributed by atoms with Gasteiger partial charge >= 0.3 is 12.1 Å². The summed E-state index contributed by atoms with van der Waals surface area (Å²) in [6.45, 7) is 0. The summed E-state index contributed by atoms with van der Waals surface area (Å²) in [5.74, 6) is -1.22. The van der Waals surface area contributed by atoms with Crippen LogP contribution in [0.1, 0.15) is 17.5 Å². The second-order valence-electron chi connectivity index (χ2n) is 4.51. The van der Waals surface area contributed by atoms with Crippen molar-refractivity contribution in [1.29, 1.82) is 0 Å². The molecule has 104 valence electrons. The Morgan fingerprint density at radius 2 is 2.16 bits per heavy atom. The SMILES string of the molecule is COc1cccc2c1CC(NC(=O)C(F)(F)F)CC2.